The molecule has 0 radical (unpaired) electrons. The third kappa shape index (κ3) is 5.66. The van der Waals surface area contributed by atoms with Crippen molar-refractivity contribution in [2.75, 3.05) is 28.6 Å². The number of amides is 1. The molecule has 1 N–H and O–H groups in total. The molecule has 4 aromatic rings. The fourth-order valence-electron chi connectivity index (χ4n) is 3.88. The third-order valence-corrected chi connectivity index (χ3v) is 7.47. The first-order valence-electron chi connectivity index (χ1n) is 11.8. The van der Waals surface area contributed by atoms with Gasteiger partial charge in [-0.05, 0) is 78.4 Å². The summed E-state index contributed by atoms with van der Waals surface area (Å²) in [6.45, 7) is 0. The summed E-state index contributed by atoms with van der Waals surface area (Å²) in [5.74, 6) is 0.0177. The Balaban J connectivity index is 1.49. The number of benzene rings is 3. The Bertz CT molecular complexity index is 1670. The van der Waals surface area contributed by atoms with E-state index < -0.39 is 10.0 Å². The molecule has 0 saturated carbocycles. The van der Waals surface area contributed by atoms with Crippen LogP contribution in [-0.2, 0) is 14.8 Å². The van der Waals surface area contributed by atoms with Crippen molar-refractivity contribution in [1.82, 2.24) is 9.97 Å². The molecule has 5 rings (SSSR count). The number of aliphatic imine (C=N–C) groups is 1. The number of nitrogens with one attached hydrogen (secondary N) is 1. The van der Waals surface area contributed by atoms with E-state index in [1.807, 2.05) is 43.3 Å². The van der Waals surface area contributed by atoms with Crippen LogP contribution in [0.1, 0.15) is 11.1 Å². The summed E-state index contributed by atoms with van der Waals surface area (Å²) in [5.41, 5.74) is 3.23. The number of halogens is 1. The van der Waals surface area contributed by atoms with E-state index in [2.05, 4.69) is 19.7 Å². The van der Waals surface area contributed by atoms with Gasteiger partial charge in [-0.15, -0.1) is 0 Å². The number of anilines is 3. The number of carbonyl (C=O) groups excluding carboxylic acids is 1. The molecule has 0 bridgehead atoms. The molecule has 196 valence electrons. The van der Waals surface area contributed by atoms with Crippen LogP contribution < -0.4 is 14.5 Å². The summed E-state index contributed by atoms with van der Waals surface area (Å²) in [6.07, 6.45) is 4.60. The molecule has 0 aliphatic carbocycles. The Morgan fingerprint density at radius 2 is 1.54 bits per heavy atom. The van der Waals surface area contributed by atoms with Crippen LogP contribution in [0.3, 0.4) is 0 Å². The van der Waals surface area contributed by atoms with Crippen LogP contribution in [0.5, 0.6) is 0 Å². The van der Waals surface area contributed by atoms with Gasteiger partial charge in [-0.1, -0.05) is 23.7 Å². The first kappa shape index (κ1) is 26.1. The van der Waals surface area contributed by atoms with Gasteiger partial charge >= 0.3 is 0 Å². The molecular formula is C28H23ClN6O3S. The highest BCUT2D eigenvalue weighted by atomic mass is 35.5. The first-order chi connectivity index (χ1) is 18.7. The predicted molar refractivity (Wildman–Crippen MR) is 154 cm³/mol. The van der Waals surface area contributed by atoms with Gasteiger partial charge in [0.15, 0.2) is 0 Å². The summed E-state index contributed by atoms with van der Waals surface area (Å²) in [4.78, 5) is 29.5. The van der Waals surface area contributed by atoms with Crippen molar-refractivity contribution in [2.24, 2.45) is 4.99 Å². The summed E-state index contributed by atoms with van der Waals surface area (Å²) in [5, 5.41) is 0.552. The van der Waals surface area contributed by atoms with Crippen molar-refractivity contribution >= 4 is 56.8 Å². The molecule has 9 nitrogen and oxygen atoms in total. The van der Waals surface area contributed by atoms with Crippen molar-refractivity contribution in [3.05, 3.63) is 113 Å². The summed E-state index contributed by atoms with van der Waals surface area (Å²) < 4.78 is 28.0. The van der Waals surface area contributed by atoms with Crippen molar-refractivity contribution in [3.8, 4) is 0 Å². The fraction of sp³-hybridized carbons (Fsp3) is 0.0714. The molecule has 0 spiro atoms. The van der Waals surface area contributed by atoms with E-state index in [0.29, 0.717) is 22.1 Å². The molecule has 2 heterocycles. The predicted octanol–water partition coefficient (Wildman–Crippen LogP) is 4.83. The number of carbonyl (C=O) groups is 1. The Hall–Kier alpha value is -4.54. The van der Waals surface area contributed by atoms with Crippen molar-refractivity contribution in [2.45, 2.75) is 4.90 Å². The van der Waals surface area contributed by atoms with Gasteiger partial charge in [0.25, 0.3) is 15.9 Å². The minimum Gasteiger partial charge on any atom is -0.378 e. The highest BCUT2D eigenvalue weighted by Crippen LogP contribution is 2.30. The second-order valence-corrected chi connectivity index (χ2v) is 10.9. The average molecular weight is 559 g/mol. The molecule has 0 unspecified atom stereocenters. The van der Waals surface area contributed by atoms with Gasteiger partial charge in [0.05, 0.1) is 10.6 Å². The van der Waals surface area contributed by atoms with Crippen molar-refractivity contribution in [1.29, 1.82) is 0 Å². The van der Waals surface area contributed by atoms with Crippen LogP contribution in [0.4, 0.5) is 17.3 Å². The second kappa shape index (κ2) is 10.7. The van der Waals surface area contributed by atoms with Gasteiger partial charge in [-0.25, -0.2) is 28.1 Å². The number of amidine groups is 1. The molecule has 0 atom stereocenters. The van der Waals surface area contributed by atoms with Crippen LogP contribution in [-0.4, -0.2) is 44.2 Å². The molecule has 1 amide bonds. The molecular weight excluding hydrogens is 536 g/mol. The number of aromatic nitrogens is 2. The number of rotatable bonds is 7. The van der Waals surface area contributed by atoms with Gasteiger partial charge < -0.3 is 4.90 Å². The largest absolute Gasteiger partial charge is 0.378 e. The quantitative estimate of drug-likeness (QED) is 0.325. The van der Waals surface area contributed by atoms with E-state index in [0.717, 1.165) is 11.3 Å². The highest BCUT2D eigenvalue weighted by Gasteiger charge is 2.32. The standard InChI is InChI=1S/C28H23ClN6O3S/c1-34(2)22-10-4-19(5-11-22)18-25-27(36)35(26(32-25)20-6-8-21(29)9-7-20)23-12-14-24(15-13-23)39(37,38)33-28-30-16-3-17-31-28/h3-18H,1-2H3,(H,30,31,33)/b25-18-. The fourth-order valence-corrected chi connectivity index (χ4v) is 4.96. The van der Waals surface area contributed by atoms with Gasteiger partial charge in [0.2, 0.25) is 5.95 Å². The molecule has 1 aliphatic heterocycles. The maximum Gasteiger partial charge on any atom is 0.282 e. The molecule has 1 aliphatic rings. The monoisotopic (exact) mass is 558 g/mol. The topological polar surface area (TPSA) is 108 Å². The van der Waals surface area contributed by atoms with Crippen LogP contribution in [0.25, 0.3) is 6.08 Å². The molecule has 11 heteroatoms. The summed E-state index contributed by atoms with van der Waals surface area (Å²) >= 11 is 6.08. The minimum absolute atomic E-state index is 0.00734. The third-order valence-electron chi connectivity index (χ3n) is 5.87. The van der Waals surface area contributed by atoms with Gasteiger partial charge in [0.1, 0.15) is 11.5 Å². The summed E-state index contributed by atoms with van der Waals surface area (Å²) in [6, 6.07) is 22.3. The maximum absolute atomic E-state index is 13.6. The number of nitrogens with zero attached hydrogens (tertiary/aromatic N) is 5. The SMILES string of the molecule is CN(C)c1ccc(/C=C2\N=C(c3ccc(Cl)cc3)N(c3ccc(S(=O)(=O)Nc4ncccn4)cc3)C2=O)cc1. The lowest BCUT2D eigenvalue weighted by atomic mass is 10.1. The normalized spacial score (nSPS) is 14.4. The second-order valence-electron chi connectivity index (χ2n) is 8.77. The van der Waals surface area contributed by atoms with Gasteiger partial charge in [0, 0.05) is 42.8 Å². The minimum atomic E-state index is -3.94. The first-order valence-corrected chi connectivity index (χ1v) is 13.7. The van der Waals surface area contributed by atoms with Crippen LogP contribution in [0, 0.1) is 0 Å². The lowest BCUT2D eigenvalue weighted by molar-refractivity contribution is -0.113. The van der Waals surface area contributed by atoms with E-state index in [1.165, 1.54) is 29.4 Å². The van der Waals surface area contributed by atoms with Crippen LogP contribution >= 0.6 is 11.6 Å². The Kier molecular flexibility index (Phi) is 7.14. The molecule has 1 aromatic heterocycles. The van der Waals surface area contributed by atoms with E-state index >= 15 is 0 Å². The van der Waals surface area contributed by atoms with E-state index in [4.69, 9.17) is 11.6 Å². The molecule has 39 heavy (non-hydrogen) atoms. The van der Waals surface area contributed by atoms with Crippen LogP contribution in [0.2, 0.25) is 5.02 Å². The highest BCUT2D eigenvalue weighted by molar-refractivity contribution is 7.92. The van der Waals surface area contributed by atoms with Crippen molar-refractivity contribution < 1.29 is 13.2 Å². The maximum atomic E-state index is 13.6. The number of sulfonamides is 1. The molecule has 0 fully saturated rings. The van der Waals surface area contributed by atoms with E-state index in [-0.39, 0.29) is 22.4 Å². The van der Waals surface area contributed by atoms with Gasteiger partial charge in [-0.3, -0.25) is 9.69 Å². The van der Waals surface area contributed by atoms with E-state index in [9.17, 15) is 13.2 Å². The van der Waals surface area contributed by atoms with E-state index in [1.54, 1.807) is 48.5 Å². The number of hydrogen-bond acceptors (Lipinski definition) is 7. The smallest absolute Gasteiger partial charge is 0.282 e. The zero-order valence-electron chi connectivity index (χ0n) is 21.0. The Morgan fingerprint density at radius 1 is 0.897 bits per heavy atom. The zero-order chi connectivity index (χ0) is 27.6. The number of hydrogen-bond donors (Lipinski definition) is 1. The molecule has 3 aromatic carbocycles. The summed E-state index contributed by atoms with van der Waals surface area (Å²) in [7, 11) is -0.0271. The Morgan fingerprint density at radius 3 is 2.15 bits per heavy atom. The zero-order valence-corrected chi connectivity index (χ0v) is 22.6. The van der Waals surface area contributed by atoms with Gasteiger partial charge in [-0.2, -0.15) is 0 Å². The lowest BCUT2D eigenvalue weighted by Gasteiger charge is -2.19. The Labute approximate surface area is 231 Å². The average Bonchev–Trinajstić information content (AvgIpc) is 3.25. The van der Waals surface area contributed by atoms with Crippen LogP contribution in [0.15, 0.2) is 107 Å². The molecule has 0 saturated heterocycles. The van der Waals surface area contributed by atoms with Crippen molar-refractivity contribution in [3.63, 3.8) is 0 Å². The lowest BCUT2D eigenvalue weighted by Crippen LogP contribution is -2.32.